The summed E-state index contributed by atoms with van der Waals surface area (Å²) < 4.78 is 7.94. The van der Waals surface area contributed by atoms with Gasteiger partial charge in [0.15, 0.2) is 0 Å². The number of hydrogen-bond donors (Lipinski definition) is 0. The minimum atomic E-state index is -0.318. The number of hydrogen-bond acceptors (Lipinski definition) is 1. The Bertz CT molecular complexity index is 447. The van der Waals surface area contributed by atoms with E-state index >= 15 is 0 Å². The van der Waals surface area contributed by atoms with Crippen LogP contribution in [0.25, 0.3) is 0 Å². The van der Waals surface area contributed by atoms with Crippen molar-refractivity contribution in [2.45, 2.75) is 34.1 Å². The number of halogens is 1. The molecule has 0 aromatic carbocycles. The standard InChI is InChI=1S/C16H23IS/c1-7-9-15(11-10-13(3)4)18-16(12-17-6)14(5)8-2/h6-7,9-13H,1,8H2,2-5H3/b11-10-,15-9+,16-14-. The average molecular weight is 374 g/mol. The normalized spacial score (nSPS) is 13.7. The van der Waals surface area contributed by atoms with Gasteiger partial charge in [0, 0.05) is 0 Å². The summed E-state index contributed by atoms with van der Waals surface area (Å²) in [6.45, 7) is 12.5. The van der Waals surface area contributed by atoms with E-state index in [9.17, 15) is 0 Å². The molecule has 0 rings (SSSR count). The molecule has 0 aromatic heterocycles. The Morgan fingerprint density at radius 1 is 1.44 bits per heavy atom. The second kappa shape index (κ2) is 10.6. The van der Waals surface area contributed by atoms with Gasteiger partial charge in [0.1, 0.15) is 0 Å². The van der Waals surface area contributed by atoms with Gasteiger partial charge in [0.05, 0.1) is 0 Å². The van der Waals surface area contributed by atoms with Crippen molar-refractivity contribution in [1.82, 2.24) is 0 Å². The van der Waals surface area contributed by atoms with E-state index in [1.54, 1.807) is 11.8 Å². The van der Waals surface area contributed by atoms with Crippen molar-refractivity contribution in [2.24, 2.45) is 5.92 Å². The molecule has 0 aliphatic carbocycles. The third kappa shape index (κ3) is 7.91. The van der Waals surface area contributed by atoms with Crippen LogP contribution in [0.3, 0.4) is 0 Å². The first kappa shape index (κ1) is 17.7. The molecule has 0 radical (unpaired) electrons. The van der Waals surface area contributed by atoms with Crippen LogP contribution in [0.5, 0.6) is 0 Å². The molecular weight excluding hydrogens is 351 g/mol. The van der Waals surface area contributed by atoms with Crippen molar-refractivity contribution in [1.29, 1.82) is 0 Å². The zero-order valence-corrected chi connectivity index (χ0v) is 14.7. The van der Waals surface area contributed by atoms with Crippen LogP contribution in [0.15, 0.2) is 46.3 Å². The van der Waals surface area contributed by atoms with E-state index in [2.05, 4.69) is 56.5 Å². The predicted molar refractivity (Wildman–Crippen MR) is 97.9 cm³/mol. The fourth-order valence-corrected chi connectivity index (χ4v) is 3.60. The zero-order chi connectivity index (χ0) is 14.0. The Balaban J connectivity index is 5.15. The summed E-state index contributed by atoms with van der Waals surface area (Å²) in [6, 6.07) is 0. The molecule has 0 saturated heterocycles. The second-order valence-corrected chi connectivity index (χ2v) is 6.70. The van der Waals surface area contributed by atoms with Crippen LogP contribution in [0.1, 0.15) is 34.1 Å². The van der Waals surface area contributed by atoms with Gasteiger partial charge in [-0.1, -0.05) is 0 Å². The molecule has 0 aliphatic rings. The second-order valence-electron chi connectivity index (χ2n) is 4.24. The summed E-state index contributed by atoms with van der Waals surface area (Å²) in [5.74, 6) is 0.560. The van der Waals surface area contributed by atoms with E-state index in [0.29, 0.717) is 5.92 Å². The van der Waals surface area contributed by atoms with Crippen LogP contribution in [0, 0.1) is 10.2 Å². The molecule has 2 heteroatoms. The van der Waals surface area contributed by atoms with Crippen molar-refractivity contribution in [3.63, 3.8) is 0 Å². The zero-order valence-electron chi connectivity index (χ0n) is 11.7. The fraction of sp³-hybridized carbons (Fsp3) is 0.375. The molecule has 0 spiro atoms. The van der Waals surface area contributed by atoms with Gasteiger partial charge in [-0.05, 0) is 0 Å². The van der Waals surface area contributed by atoms with Crippen molar-refractivity contribution in [2.75, 3.05) is 0 Å². The maximum absolute atomic E-state index is 5.74. The van der Waals surface area contributed by atoms with E-state index in [1.165, 1.54) is 15.4 Å². The molecular formula is C16H23IS. The Morgan fingerprint density at radius 3 is 2.56 bits per heavy atom. The molecule has 0 atom stereocenters. The third-order valence-corrected chi connectivity index (χ3v) is 4.87. The molecule has 100 valence electrons. The van der Waals surface area contributed by atoms with E-state index in [0.717, 1.165) is 6.42 Å². The molecule has 0 N–H and O–H groups in total. The summed E-state index contributed by atoms with van der Waals surface area (Å²) in [5.41, 5.74) is 1.40. The van der Waals surface area contributed by atoms with Gasteiger partial charge in [-0.3, -0.25) is 0 Å². The van der Waals surface area contributed by atoms with Crippen molar-refractivity contribution in [3.8, 4) is 4.31 Å². The molecule has 0 aliphatic heterocycles. The van der Waals surface area contributed by atoms with Gasteiger partial charge in [-0.25, -0.2) is 0 Å². The van der Waals surface area contributed by atoms with E-state index in [-0.39, 0.29) is 20.1 Å². The van der Waals surface area contributed by atoms with Gasteiger partial charge >= 0.3 is 126 Å². The van der Waals surface area contributed by atoms with E-state index < -0.39 is 0 Å². The Morgan fingerprint density at radius 2 is 2.11 bits per heavy atom. The molecule has 0 saturated carbocycles. The van der Waals surface area contributed by atoms with Crippen LogP contribution in [0.2, 0.25) is 0 Å². The van der Waals surface area contributed by atoms with E-state index in [1.807, 2.05) is 6.08 Å². The van der Waals surface area contributed by atoms with Crippen molar-refractivity contribution < 1.29 is 0 Å². The summed E-state index contributed by atoms with van der Waals surface area (Å²) in [7, 11) is 0. The quantitative estimate of drug-likeness (QED) is 0.386. The maximum atomic E-state index is 5.74. The summed E-state index contributed by atoms with van der Waals surface area (Å²) in [6.07, 6.45) is 9.33. The number of thioether (sulfide) groups is 1. The molecule has 0 aromatic rings. The molecule has 0 fully saturated rings. The molecule has 0 unspecified atom stereocenters. The minimum absolute atomic E-state index is 0.318. The third-order valence-electron chi connectivity index (χ3n) is 2.27. The van der Waals surface area contributed by atoms with Crippen molar-refractivity contribution in [3.05, 3.63) is 46.3 Å². The van der Waals surface area contributed by atoms with Crippen LogP contribution < -0.4 is 0 Å². The van der Waals surface area contributed by atoms with Crippen LogP contribution >= 0.6 is 31.8 Å². The first-order chi connectivity index (χ1) is 8.54. The molecule has 0 heterocycles. The topological polar surface area (TPSA) is 0 Å². The SMILES string of the molecule is C#I=C/C(SC(/C=C\C(C)C)=C/C=C)=C(\C)CC. The van der Waals surface area contributed by atoms with Gasteiger partial charge in [0.25, 0.3) is 0 Å². The Hall–Kier alpha value is -0.310. The fourth-order valence-electron chi connectivity index (χ4n) is 1.09. The molecule has 0 bridgehead atoms. The molecule has 18 heavy (non-hydrogen) atoms. The summed E-state index contributed by atoms with van der Waals surface area (Å²) in [4.78, 5) is 2.53. The van der Waals surface area contributed by atoms with Gasteiger partial charge in [-0.15, -0.1) is 0 Å². The summed E-state index contributed by atoms with van der Waals surface area (Å²) >= 11 is 1.47. The van der Waals surface area contributed by atoms with E-state index in [4.69, 9.17) is 4.31 Å². The van der Waals surface area contributed by atoms with Crippen LogP contribution in [-0.4, -0.2) is 4.01 Å². The van der Waals surface area contributed by atoms with Crippen LogP contribution in [0.4, 0.5) is 0 Å². The van der Waals surface area contributed by atoms with Gasteiger partial charge in [-0.2, -0.15) is 0 Å². The summed E-state index contributed by atoms with van der Waals surface area (Å²) in [5, 5.41) is 0. The van der Waals surface area contributed by atoms with Gasteiger partial charge < -0.3 is 0 Å². The monoisotopic (exact) mass is 374 g/mol. The molecule has 0 nitrogen and oxygen atoms in total. The first-order valence-electron chi connectivity index (χ1n) is 6.08. The van der Waals surface area contributed by atoms with Crippen molar-refractivity contribution >= 4 is 35.8 Å². The Labute approximate surface area is 126 Å². The first-order valence-corrected chi connectivity index (χ1v) is 9.39. The van der Waals surface area contributed by atoms with Crippen LogP contribution in [-0.2, 0) is 0 Å². The Kier molecular flexibility index (Phi) is 10.4. The number of allylic oxidation sites excluding steroid dienone is 6. The number of rotatable bonds is 7. The predicted octanol–water partition coefficient (Wildman–Crippen LogP) is 6.05. The molecule has 0 amide bonds. The van der Waals surface area contributed by atoms with Gasteiger partial charge in [0.2, 0.25) is 0 Å². The average Bonchev–Trinajstić information content (AvgIpc) is 2.34.